The monoisotopic (exact) mass is 319 g/mol. The lowest BCUT2D eigenvalue weighted by atomic mass is 9.77. The Morgan fingerprint density at radius 1 is 1.32 bits per heavy atom. The summed E-state index contributed by atoms with van der Waals surface area (Å²) in [7, 11) is 0. The number of rotatable bonds is 3. The van der Waals surface area contributed by atoms with Crippen molar-refractivity contribution in [2.45, 2.75) is 38.5 Å². The van der Waals surface area contributed by atoms with Gasteiger partial charge in [-0.3, -0.25) is 4.90 Å². The molecular weight excluding hydrogens is 298 g/mol. The highest BCUT2D eigenvalue weighted by Crippen LogP contribution is 2.41. The van der Waals surface area contributed by atoms with Crippen LogP contribution in [-0.4, -0.2) is 48.9 Å². The molecule has 2 aromatic rings. The Morgan fingerprint density at radius 2 is 2.14 bits per heavy atom. The van der Waals surface area contributed by atoms with E-state index < -0.39 is 0 Å². The fourth-order valence-corrected chi connectivity index (χ4v) is 4.84. The Morgan fingerprint density at radius 3 is 2.82 bits per heavy atom. The number of aryl methyl sites for hydroxylation is 1. The molecule has 1 aliphatic heterocycles. The van der Waals surface area contributed by atoms with Crippen LogP contribution >= 0.6 is 11.3 Å². The number of nitrogens with zero attached hydrogens (tertiary/aromatic N) is 5. The van der Waals surface area contributed by atoms with Crippen molar-refractivity contribution in [1.29, 1.82) is 0 Å². The Balaban J connectivity index is 1.43. The van der Waals surface area contributed by atoms with Gasteiger partial charge < -0.3 is 5.11 Å². The van der Waals surface area contributed by atoms with Crippen LogP contribution in [0.25, 0.3) is 0 Å². The maximum atomic E-state index is 10.5. The first-order chi connectivity index (χ1) is 10.7. The minimum atomic E-state index is -0.312. The zero-order chi connectivity index (χ0) is 15.1. The average molecular weight is 319 g/mol. The van der Waals surface area contributed by atoms with Gasteiger partial charge >= 0.3 is 0 Å². The molecule has 0 bridgehead atoms. The van der Waals surface area contributed by atoms with Crippen molar-refractivity contribution in [3.05, 3.63) is 28.7 Å². The molecule has 3 heterocycles. The minimum absolute atomic E-state index is 0.0781. The van der Waals surface area contributed by atoms with Gasteiger partial charge in [0.2, 0.25) is 0 Å². The van der Waals surface area contributed by atoms with Crippen LogP contribution in [0.5, 0.6) is 0 Å². The van der Waals surface area contributed by atoms with Gasteiger partial charge in [-0.2, -0.15) is 5.10 Å². The minimum Gasteiger partial charge on any atom is -0.391 e. The number of fused-ring (bicyclic) bond motifs is 1. The standard InChI is InChI=1S/C15H21N5OS/c1-10-17-4-13(22-10)7-19-5-11-2-14(20-9-16-8-18-20)15(21)3-12(11)6-19/h4,8-9,11-12,14-15,21H,2-3,5-7H2,1H3/t11-,12+,14-,15-/m1/s1. The van der Waals surface area contributed by atoms with E-state index in [2.05, 4.69) is 26.9 Å². The molecule has 0 aromatic carbocycles. The van der Waals surface area contributed by atoms with E-state index >= 15 is 0 Å². The van der Waals surface area contributed by atoms with E-state index in [1.165, 1.54) is 4.88 Å². The third-order valence-corrected chi connectivity index (χ3v) is 5.91. The van der Waals surface area contributed by atoms with Crippen LogP contribution in [0.4, 0.5) is 0 Å². The van der Waals surface area contributed by atoms with Crippen LogP contribution in [0.1, 0.15) is 28.8 Å². The van der Waals surface area contributed by atoms with Crippen LogP contribution in [0, 0.1) is 18.8 Å². The molecule has 1 N–H and O–H groups in total. The van der Waals surface area contributed by atoms with E-state index in [0.717, 1.165) is 37.5 Å². The van der Waals surface area contributed by atoms with Crippen molar-refractivity contribution in [3.8, 4) is 0 Å². The van der Waals surface area contributed by atoms with Crippen molar-refractivity contribution < 1.29 is 5.11 Å². The number of thiazole rings is 1. The molecule has 4 atom stereocenters. The Labute approximate surface area is 133 Å². The molecule has 0 radical (unpaired) electrons. The molecule has 2 aliphatic rings. The van der Waals surface area contributed by atoms with E-state index in [1.807, 2.05) is 10.9 Å². The largest absolute Gasteiger partial charge is 0.391 e. The summed E-state index contributed by atoms with van der Waals surface area (Å²) in [4.78, 5) is 12.2. The van der Waals surface area contributed by atoms with E-state index in [9.17, 15) is 5.11 Å². The summed E-state index contributed by atoms with van der Waals surface area (Å²) in [5.74, 6) is 1.25. The predicted molar refractivity (Wildman–Crippen MR) is 83.4 cm³/mol. The predicted octanol–water partition coefficient (Wildman–Crippen LogP) is 1.49. The van der Waals surface area contributed by atoms with Gasteiger partial charge in [-0.15, -0.1) is 11.3 Å². The first kappa shape index (κ1) is 14.3. The lowest BCUT2D eigenvalue weighted by molar-refractivity contribution is 0.0304. The molecule has 118 valence electrons. The summed E-state index contributed by atoms with van der Waals surface area (Å²) >= 11 is 1.78. The van der Waals surface area contributed by atoms with Crippen molar-refractivity contribution in [3.63, 3.8) is 0 Å². The molecule has 2 fully saturated rings. The summed E-state index contributed by atoms with van der Waals surface area (Å²) in [5.41, 5.74) is 0. The molecule has 1 saturated heterocycles. The number of likely N-dealkylation sites (tertiary alicyclic amines) is 1. The molecule has 7 heteroatoms. The molecule has 1 saturated carbocycles. The molecule has 0 amide bonds. The van der Waals surface area contributed by atoms with E-state index in [4.69, 9.17) is 0 Å². The zero-order valence-corrected chi connectivity index (χ0v) is 13.5. The van der Waals surface area contributed by atoms with Gasteiger partial charge in [-0.1, -0.05) is 0 Å². The van der Waals surface area contributed by atoms with Crippen molar-refractivity contribution in [2.24, 2.45) is 11.8 Å². The van der Waals surface area contributed by atoms with Gasteiger partial charge in [-0.25, -0.2) is 14.6 Å². The second kappa shape index (κ2) is 5.72. The fraction of sp³-hybridized carbons (Fsp3) is 0.667. The number of hydrogen-bond donors (Lipinski definition) is 1. The number of hydrogen-bond acceptors (Lipinski definition) is 6. The summed E-state index contributed by atoms with van der Waals surface area (Å²) in [6.45, 7) is 5.24. The highest BCUT2D eigenvalue weighted by Gasteiger charge is 2.42. The van der Waals surface area contributed by atoms with Crippen LogP contribution in [0.2, 0.25) is 0 Å². The first-order valence-corrected chi connectivity index (χ1v) is 8.66. The van der Waals surface area contributed by atoms with Crippen molar-refractivity contribution in [2.75, 3.05) is 13.1 Å². The molecule has 4 rings (SSSR count). The van der Waals surface area contributed by atoms with Crippen molar-refractivity contribution in [1.82, 2.24) is 24.6 Å². The van der Waals surface area contributed by atoms with Gasteiger partial charge in [0.05, 0.1) is 17.2 Å². The summed E-state index contributed by atoms with van der Waals surface area (Å²) in [6.07, 6.45) is 6.82. The van der Waals surface area contributed by atoms with E-state index in [-0.39, 0.29) is 12.1 Å². The normalized spacial score (nSPS) is 32.3. The van der Waals surface area contributed by atoms with Gasteiger partial charge in [0.25, 0.3) is 0 Å². The first-order valence-electron chi connectivity index (χ1n) is 7.85. The Kier molecular flexibility index (Phi) is 3.71. The third kappa shape index (κ3) is 2.68. The fourth-order valence-electron chi connectivity index (χ4n) is 4.01. The molecule has 2 aromatic heterocycles. The number of aromatic nitrogens is 4. The maximum absolute atomic E-state index is 10.5. The zero-order valence-electron chi connectivity index (χ0n) is 12.7. The Hall–Kier alpha value is -1.31. The number of aliphatic hydroxyl groups excluding tert-OH is 1. The number of aliphatic hydroxyl groups is 1. The summed E-state index contributed by atoms with van der Waals surface area (Å²) < 4.78 is 1.83. The lowest BCUT2D eigenvalue weighted by Gasteiger charge is -2.35. The average Bonchev–Trinajstić information content (AvgIpc) is 3.19. The highest BCUT2D eigenvalue weighted by molar-refractivity contribution is 7.11. The molecule has 0 unspecified atom stereocenters. The molecule has 1 aliphatic carbocycles. The van der Waals surface area contributed by atoms with Gasteiger partial charge in [0.1, 0.15) is 12.7 Å². The third-order valence-electron chi connectivity index (χ3n) is 5.01. The molecule has 0 spiro atoms. The molecular formula is C15H21N5OS. The highest BCUT2D eigenvalue weighted by atomic mass is 32.1. The quantitative estimate of drug-likeness (QED) is 0.928. The van der Waals surface area contributed by atoms with Crippen LogP contribution < -0.4 is 0 Å². The SMILES string of the molecule is Cc1ncc(CN2C[C@H]3C[C@@H](n4cncn4)[C@H](O)C[C@H]3C2)s1. The lowest BCUT2D eigenvalue weighted by Crippen LogP contribution is -2.36. The van der Waals surface area contributed by atoms with E-state index in [1.54, 1.807) is 24.0 Å². The van der Waals surface area contributed by atoms with E-state index in [0.29, 0.717) is 11.8 Å². The topological polar surface area (TPSA) is 67.1 Å². The Bertz CT molecular complexity index is 628. The second-order valence-electron chi connectivity index (χ2n) is 6.54. The molecule has 22 heavy (non-hydrogen) atoms. The van der Waals surface area contributed by atoms with Crippen LogP contribution in [-0.2, 0) is 6.54 Å². The smallest absolute Gasteiger partial charge is 0.137 e. The van der Waals surface area contributed by atoms with Crippen molar-refractivity contribution >= 4 is 11.3 Å². The van der Waals surface area contributed by atoms with Crippen LogP contribution in [0.15, 0.2) is 18.9 Å². The van der Waals surface area contributed by atoms with Gasteiger partial charge in [-0.05, 0) is 31.6 Å². The second-order valence-corrected chi connectivity index (χ2v) is 7.86. The maximum Gasteiger partial charge on any atom is 0.137 e. The molecule has 6 nitrogen and oxygen atoms in total. The summed E-state index contributed by atoms with van der Waals surface area (Å²) in [6, 6.07) is 0.0781. The van der Waals surface area contributed by atoms with Gasteiger partial charge in [0.15, 0.2) is 0 Å². The van der Waals surface area contributed by atoms with Gasteiger partial charge in [0, 0.05) is 30.7 Å². The van der Waals surface area contributed by atoms with Crippen LogP contribution in [0.3, 0.4) is 0 Å². The summed E-state index contributed by atoms with van der Waals surface area (Å²) in [5, 5.41) is 15.8.